The highest BCUT2D eigenvalue weighted by atomic mass is 35.5. The maximum atomic E-state index is 12.7. The van der Waals surface area contributed by atoms with E-state index in [4.69, 9.17) is 16.3 Å². The van der Waals surface area contributed by atoms with Crippen LogP contribution in [0.1, 0.15) is 42.6 Å². The third-order valence-electron chi connectivity index (χ3n) is 4.17. The highest BCUT2D eigenvalue weighted by Gasteiger charge is 2.15. The Morgan fingerprint density at radius 3 is 2.43 bits per heavy atom. The number of nitrogens with zero attached hydrogens (tertiary/aromatic N) is 1. The van der Waals surface area contributed by atoms with Gasteiger partial charge >= 0.3 is 0 Å². The Balaban J connectivity index is 1.98. The number of aryl methyl sites for hydroxylation is 1. The average molecular weight is 403 g/mol. The molecule has 0 saturated heterocycles. The molecule has 2 aromatic carbocycles. The SMILES string of the molecule is CCCN(CCC)C(=O)c1cccc(NC(=O)COc2ccc(Cl)c(C)c2)c1. The summed E-state index contributed by atoms with van der Waals surface area (Å²) in [5.41, 5.74) is 2.02. The highest BCUT2D eigenvalue weighted by molar-refractivity contribution is 6.31. The second-order valence-corrected chi connectivity index (χ2v) is 7.03. The fraction of sp³-hybridized carbons (Fsp3) is 0.364. The summed E-state index contributed by atoms with van der Waals surface area (Å²) < 4.78 is 5.51. The first-order valence-corrected chi connectivity index (χ1v) is 9.90. The van der Waals surface area contributed by atoms with Crippen LogP contribution in [0.25, 0.3) is 0 Å². The van der Waals surface area contributed by atoms with Crippen molar-refractivity contribution in [2.45, 2.75) is 33.6 Å². The van der Waals surface area contributed by atoms with Crippen molar-refractivity contribution in [3.63, 3.8) is 0 Å². The molecule has 1 N–H and O–H groups in total. The van der Waals surface area contributed by atoms with Gasteiger partial charge in [-0.25, -0.2) is 0 Å². The van der Waals surface area contributed by atoms with Gasteiger partial charge < -0.3 is 15.0 Å². The second-order valence-electron chi connectivity index (χ2n) is 6.62. The van der Waals surface area contributed by atoms with Gasteiger partial charge in [-0.1, -0.05) is 31.5 Å². The lowest BCUT2D eigenvalue weighted by atomic mass is 10.1. The molecule has 0 saturated carbocycles. The summed E-state index contributed by atoms with van der Waals surface area (Å²) in [6.07, 6.45) is 1.81. The van der Waals surface area contributed by atoms with Crippen LogP contribution in [0, 0.1) is 6.92 Å². The molecule has 0 unspecified atom stereocenters. The number of benzene rings is 2. The minimum absolute atomic E-state index is 0.0207. The minimum Gasteiger partial charge on any atom is -0.484 e. The first kappa shape index (κ1) is 21.8. The summed E-state index contributed by atoms with van der Waals surface area (Å²) in [7, 11) is 0. The van der Waals surface area contributed by atoms with Gasteiger partial charge in [-0.2, -0.15) is 0 Å². The summed E-state index contributed by atoms with van der Waals surface area (Å²) in [6.45, 7) is 7.29. The quantitative estimate of drug-likeness (QED) is 0.647. The number of ether oxygens (including phenoxy) is 1. The number of hydrogen-bond donors (Lipinski definition) is 1. The van der Waals surface area contributed by atoms with Gasteiger partial charge in [-0.15, -0.1) is 0 Å². The van der Waals surface area contributed by atoms with E-state index in [2.05, 4.69) is 19.2 Å². The number of halogens is 1. The van der Waals surface area contributed by atoms with E-state index in [1.54, 1.807) is 42.5 Å². The zero-order valence-electron chi connectivity index (χ0n) is 16.6. The maximum absolute atomic E-state index is 12.7. The number of nitrogens with one attached hydrogen (secondary N) is 1. The van der Waals surface area contributed by atoms with E-state index >= 15 is 0 Å². The largest absolute Gasteiger partial charge is 0.484 e. The van der Waals surface area contributed by atoms with Gasteiger partial charge in [0, 0.05) is 29.4 Å². The van der Waals surface area contributed by atoms with E-state index in [0.29, 0.717) is 22.0 Å². The molecule has 150 valence electrons. The van der Waals surface area contributed by atoms with Crippen LogP contribution in [-0.4, -0.2) is 36.4 Å². The predicted octanol–water partition coefficient (Wildman–Crippen LogP) is 4.93. The van der Waals surface area contributed by atoms with Crippen molar-refractivity contribution in [3.8, 4) is 5.75 Å². The third-order valence-corrected chi connectivity index (χ3v) is 4.59. The van der Waals surface area contributed by atoms with Gasteiger partial charge in [0.2, 0.25) is 0 Å². The van der Waals surface area contributed by atoms with Crippen LogP contribution in [-0.2, 0) is 4.79 Å². The topological polar surface area (TPSA) is 58.6 Å². The molecule has 2 aromatic rings. The van der Waals surface area contributed by atoms with Crippen LogP contribution >= 0.6 is 11.6 Å². The predicted molar refractivity (Wildman–Crippen MR) is 113 cm³/mol. The molecule has 0 spiro atoms. The van der Waals surface area contributed by atoms with E-state index in [-0.39, 0.29) is 18.4 Å². The van der Waals surface area contributed by atoms with E-state index in [1.807, 2.05) is 11.8 Å². The van der Waals surface area contributed by atoms with Crippen LogP contribution < -0.4 is 10.1 Å². The molecule has 0 aromatic heterocycles. The van der Waals surface area contributed by atoms with Gasteiger partial charge in [0.15, 0.2) is 6.61 Å². The number of anilines is 1. The molecule has 0 aliphatic heterocycles. The van der Waals surface area contributed by atoms with Crippen LogP contribution in [0.4, 0.5) is 5.69 Å². The number of rotatable bonds is 9. The Morgan fingerprint density at radius 2 is 1.79 bits per heavy atom. The second kappa shape index (κ2) is 10.7. The van der Waals surface area contributed by atoms with E-state index < -0.39 is 0 Å². The molecular weight excluding hydrogens is 376 g/mol. The lowest BCUT2D eigenvalue weighted by Gasteiger charge is -2.21. The van der Waals surface area contributed by atoms with Crippen molar-refractivity contribution >= 4 is 29.1 Å². The van der Waals surface area contributed by atoms with Gasteiger partial charge in [-0.3, -0.25) is 9.59 Å². The monoisotopic (exact) mass is 402 g/mol. The van der Waals surface area contributed by atoms with Crippen LogP contribution in [0.3, 0.4) is 0 Å². The van der Waals surface area contributed by atoms with E-state index in [9.17, 15) is 9.59 Å². The average Bonchev–Trinajstić information content (AvgIpc) is 2.68. The first-order chi connectivity index (χ1) is 13.4. The molecular formula is C22H27ClN2O3. The molecule has 2 amide bonds. The summed E-state index contributed by atoms with van der Waals surface area (Å²) >= 11 is 5.99. The summed E-state index contributed by atoms with van der Waals surface area (Å²) in [6, 6.07) is 12.2. The number of amides is 2. The molecule has 0 atom stereocenters. The molecule has 0 radical (unpaired) electrons. The molecule has 0 aliphatic rings. The van der Waals surface area contributed by atoms with E-state index in [1.165, 1.54) is 0 Å². The molecule has 0 aliphatic carbocycles. The minimum atomic E-state index is -0.295. The number of carbonyl (C=O) groups is 2. The Morgan fingerprint density at radius 1 is 1.07 bits per heavy atom. The Labute approximate surface area is 171 Å². The van der Waals surface area contributed by atoms with Gasteiger partial charge in [0.1, 0.15) is 5.75 Å². The van der Waals surface area contributed by atoms with Crippen molar-refractivity contribution in [2.75, 3.05) is 25.0 Å². The van der Waals surface area contributed by atoms with Crippen LogP contribution in [0.5, 0.6) is 5.75 Å². The Bertz CT molecular complexity index is 817. The van der Waals surface area contributed by atoms with Crippen LogP contribution in [0.2, 0.25) is 5.02 Å². The van der Waals surface area contributed by atoms with Crippen molar-refractivity contribution in [1.82, 2.24) is 4.90 Å². The number of carbonyl (C=O) groups excluding carboxylic acids is 2. The fourth-order valence-corrected chi connectivity index (χ4v) is 2.94. The van der Waals surface area contributed by atoms with Gasteiger partial charge in [0.25, 0.3) is 11.8 Å². The first-order valence-electron chi connectivity index (χ1n) is 9.52. The smallest absolute Gasteiger partial charge is 0.262 e. The molecule has 0 heterocycles. The fourth-order valence-electron chi connectivity index (χ4n) is 2.82. The summed E-state index contributed by atoms with van der Waals surface area (Å²) in [5.74, 6) is 0.264. The Kier molecular flexibility index (Phi) is 8.33. The zero-order chi connectivity index (χ0) is 20.5. The van der Waals surface area contributed by atoms with Crippen molar-refractivity contribution in [2.24, 2.45) is 0 Å². The summed E-state index contributed by atoms with van der Waals surface area (Å²) in [5, 5.41) is 3.43. The lowest BCUT2D eigenvalue weighted by molar-refractivity contribution is -0.118. The summed E-state index contributed by atoms with van der Waals surface area (Å²) in [4.78, 5) is 26.8. The zero-order valence-corrected chi connectivity index (χ0v) is 17.4. The van der Waals surface area contributed by atoms with Gasteiger partial charge in [-0.05, 0) is 61.7 Å². The van der Waals surface area contributed by atoms with Crippen molar-refractivity contribution in [3.05, 3.63) is 58.6 Å². The number of hydrogen-bond acceptors (Lipinski definition) is 3. The third kappa shape index (κ3) is 6.27. The molecule has 0 bridgehead atoms. The van der Waals surface area contributed by atoms with E-state index in [0.717, 1.165) is 31.5 Å². The Hall–Kier alpha value is -2.53. The van der Waals surface area contributed by atoms with Gasteiger partial charge in [0.05, 0.1) is 0 Å². The molecule has 28 heavy (non-hydrogen) atoms. The van der Waals surface area contributed by atoms with Crippen molar-refractivity contribution < 1.29 is 14.3 Å². The standard InChI is InChI=1S/C22H27ClN2O3/c1-4-11-25(12-5-2)22(27)17-7-6-8-18(14-17)24-21(26)15-28-19-9-10-20(23)16(3)13-19/h6-10,13-14H,4-5,11-12,15H2,1-3H3,(H,24,26). The molecule has 5 nitrogen and oxygen atoms in total. The molecule has 0 fully saturated rings. The maximum Gasteiger partial charge on any atom is 0.262 e. The normalized spacial score (nSPS) is 10.4. The highest BCUT2D eigenvalue weighted by Crippen LogP contribution is 2.21. The molecule has 2 rings (SSSR count). The van der Waals surface area contributed by atoms with Crippen molar-refractivity contribution in [1.29, 1.82) is 0 Å². The van der Waals surface area contributed by atoms with Crippen LogP contribution in [0.15, 0.2) is 42.5 Å². The molecule has 6 heteroatoms. The lowest BCUT2D eigenvalue weighted by Crippen LogP contribution is -2.32.